The van der Waals surface area contributed by atoms with Gasteiger partial charge in [-0.3, -0.25) is 4.72 Å². The summed E-state index contributed by atoms with van der Waals surface area (Å²) in [6.07, 6.45) is 0. The summed E-state index contributed by atoms with van der Waals surface area (Å²) in [5, 5.41) is 0. The van der Waals surface area contributed by atoms with Crippen LogP contribution in [0.3, 0.4) is 0 Å². The molecule has 4 nitrogen and oxygen atoms in total. The van der Waals surface area contributed by atoms with Crippen LogP contribution in [0.25, 0.3) is 0 Å². The SMILES string of the molecule is NCc1ccc(N[SH](=O)=O)cc1. The van der Waals surface area contributed by atoms with Gasteiger partial charge in [-0.05, 0) is 17.7 Å². The minimum absolute atomic E-state index is 0.462. The third-order valence-corrected chi connectivity index (χ3v) is 1.85. The molecule has 0 spiro atoms. The molecule has 1 aromatic rings. The molecule has 3 N–H and O–H groups in total. The lowest BCUT2D eigenvalue weighted by Crippen LogP contribution is -1.97. The van der Waals surface area contributed by atoms with E-state index in [1.807, 2.05) is 0 Å². The lowest BCUT2D eigenvalue weighted by atomic mass is 10.2. The Balaban J connectivity index is 2.77. The van der Waals surface area contributed by atoms with Gasteiger partial charge in [0.1, 0.15) is 0 Å². The smallest absolute Gasteiger partial charge is 0.222 e. The fourth-order valence-electron chi connectivity index (χ4n) is 0.821. The van der Waals surface area contributed by atoms with E-state index in [2.05, 4.69) is 4.72 Å². The van der Waals surface area contributed by atoms with Crippen molar-refractivity contribution >= 4 is 16.6 Å². The van der Waals surface area contributed by atoms with Crippen molar-refractivity contribution in [3.63, 3.8) is 0 Å². The van der Waals surface area contributed by atoms with Crippen LogP contribution in [-0.2, 0) is 17.4 Å². The maximum atomic E-state index is 10.2. The van der Waals surface area contributed by atoms with Crippen molar-refractivity contribution in [1.82, 2.24) is 0 Å². The first-order valence-electron chi connectivity index (χ1n) is 3.42. The lowest BCUT2D eigenvalue weighted by Gasteiger charge is -1.99. The summed E-state index contributed by atoms with van der Waals surface area (Å²) >= 11 is 0. The molecule has 12 heavy (non-hydrogen) atoms. The number of nitrogens with two attached hydrogens (primary N) is 1. The van der Waals surface area contributed by atoms with Gasteiger partial charge < -0.3 is 5.73 Å². The quantitative estimate of drug-likeness (QED) is 0.585. The van der Waals surface area contributed by atoms with Crippen LogP contribution in [0.15, 0.2) is 24.3 Å². The van der Waals surface area contributed by atoms with Gasteiger partial charge in [0.25, 0.3) is 0 Å². The minimum Gasteiger partial charge on any atom is -0.326 e. The van der Waals surface area contributed by atoms with Crippen LogP contribution < -0.4 is 10.5 Å². The first kappa shape index (κ1) is 9.02. The summed E-state index contributed by atoms with van der Waals surface area (Å²) < 4.78 is 22.7. The van der Waals surface area contributed by atoms with Crippen molar-refractivity contribution in [2.45, 2.75) is 6.54 Å². The topological polar surface area (TPSA) is 72.2 Å². The second kappa shape index (κ2) is 4.08. The van der Waals surface area contributed by atoms with Crippen LogP contribution in [0.1, 0.15) is 5.56 Å². The molecule has 0 atom stereocenters. The average Bonchev–Trinajstić information content (AvgIpc) is 2.05. The van der Waals surface area contributed by atoms with E-state index in [0.717, 1.165) is 5.56 Å². The van der Waals surface area contributed by atoms with Gasteiger partial charge in [-0.25, -0.2) is 8.42 Å². The van der Waals surface area contributed by atoms with Crippen LogP contribution in [0.5, 0.6) is 0 Å². The van der Waals surface area contributed by atoms with E-state index in [1.54, 1.807) is 24.3 Å². The number of anilines is 1. The van der Waals surface area contributed by atoms with E-state index in [4.69, 9.17) is 5.73 Å². The normalized spacial score (nSPS) is 10.2. The zero-order chi connectivity index (χ0) is 8.97. The predicted octanol–water partition coefficient (Wildman–Crippen LogP) is 0.0836. The van der Waals surface area contributed by atoms with Crippen molar-refractivity contribution in [2.24, 2.45) is 5.73 Å². The summed E-state index contributed by atoms with van der Waals surface area (Å²) in [4.78, 5) is 0. The fraction of sp³-hybridized carbons (Fsp3) is 0.143. The zero-order valence-corrected chi connectivity index (χ0v) is 7.25. The number of thiol groups is 1. The highest BCUT2D eigenvalue weighted by Crippen LogP contribution is 2.08. The maximum Gasteiger partial charge on any atom is 0.222 e. The molecule has 0 saturated heterocycles. The largest absolute Gasteiger partial charge is 0.326 e. The predicted molar refractivity (Wildman–Crippen MR) is 48.3 cm³/mol. The Kier molecular flexibility index (Phi) is 3.07. The maximum absolute atomic E-state index is 10.2. The van der Waals surface area contributed by atoms with Gasteiger partial charge in [-0.2, -0.15) is 0 Å². The Bertz CT molecular complexity index is 311. The zero-order valence-electron chi connectivity index (χ0n) is 6.36. The molecule has 66 valence electrons. The molecule has 0 heterocycles. The van der Waals surface area contributed by atoms with Crippen LogP contribution in [0.4, 0.5) is 5.69 Å². The van der Waals surface area contributed by atoms with E-state index in [-0.39, 0.29) is 0 Å². The van der Waals surface area contributed by atoms with Crippen LogP contribution >= 0.6 is 0 Å². The van der Waals surface area contributed by atoms with E-state index < -0.39 is 10.9 Å². The molecule has 0 fully saturated rings. The highest BCUT2D eigenvalue weighted by Gasteiger charge is 1.91. The highest BCUT2D eigenvalue weighted by atomic mass is 32.2. The third-order valence-electron chi connectivity index (χ3n) is 1.41. The second-order valence-corrected chi connectivity index (χ2v) is 3.01. The average molecular weight is 186 g/mol. The third kappa shape index (κ3) is 2.52. The van der Waals surface area contributed by atoms with Crippen LogP contribution in [-0.4, -0.2) is 8.42 Å². The molecular formula is C7H10N2O2S. The number of nitrogens with one attached hydrogen (secondary N) is 1. The molecule has 1 aromatic carbocycles. The summed E-state index contributed by atoms with van der Waals surface area (Å²) in [6.45, 7) is 0.462. The van der Waals surface area contributed by atoms with Gasteiger partial charge in [0.05, 0.1) is 0 Å². The molecule has 0 saturated carbocycles. The minimum atomic E-state index is -2.57. The van der Waals surface area contributed by atoms with Crippen molar-refractivity contribution < 1.29 is 8.42 Å². The Hall–Kier alpha value is -1.07. The standard InChI is InChI=1S/C7H10N2O2S/c8-5-6-1-3-7(4-2-6)9-12(10)11/h1-4,12H,5,8H2,(H,9,10,11). The lowest BCUT2D eigenvalue weighted by molar-refractivity contribution is 0.619. The number of rotatable bonds is 3. The Labute approximate surface area is 72.5 Å². The van der Waals surface area contributed by atoms with Crippen LogP contribution in [0.2, 0.25) is 0 Å². The van der Waals surface area contributed by atoms with E-state index in [9.17, 15) is 8.42 Å². The van der Waals surface area contributed by atoms with Gasteiger partial charge in [0.2, 0.25) is 10.9 Å². The Morgan fingerprint density at radius 1 is 1.25 bits per heavy atom. The van der Waals surface area contributed by atoms with E-state index in [0.29, 0.717) is 12.2 Å². The van der Waals surface area contributed by atoms with Gasteiger partial charge in [0, 0.05) is 12.2 Å². The monoisotopic (exact) mass is 186 g/mol. The summed E-state index contributed by atoms with van der Waals surface area (Å²) in [7, 11) is -2.57. The molecule has 0 amide bonds. The van der Waals surface area contributed by atoms with Crippen molar-refractivity contribution in [1.29, 1.82) is 0 Å². The number of hydrogen-bond donors (Lipinski definition) is 3. The van der Waals surface area contributed by atoms with Crippen molar-refractivity contribution in [2.75, 3.05) is 4.72 Å². The van der Waals surface area contributed by atoms with Gasteiger partial charge in [-0.15, -0.1) is 0 Å². The molecule has 5 heteroatoms. The first-order valence-corrected chi connectivity index (χ1v) is 4.60. The van der Waals surface area contributed by atoms with Gasteiger partial charge >= 0.3 is 0 Å². The van der Waals surface area contributed by atoms with Gasteiger partial charge in [0.15, 0.2) is 0 Å². The van der Waals surface area contributed by atoms with Crippen molar-refractivity contribution in [3.8, 4) is 0 Å². The van der Waals surface area contributed by atoms with E-state index >= 15 is 0 Å². The van der Waals surface area contributed by atoms with E-state index in [1.165, 1.54) is 0 Å². The molecule has 0 aromatic heterocycles. The second-order valence-electron chi connectivity index (χ2n) is 2.27. The van der Waals surface area contributed by atoms with Gasteiger partial charge in [-0.1, -0.05) is 12.1 Å². The number of benzene rings is 1. The summed E-state index contributed by atoms with van der Waals surface area (Å²) in [6, 6.07) is 6.91. The molecule has 1 rings (SSSR count). The van der Waals surface area contributed by atoms with Crippen molar-refractivity contribution in [3.05, 3.63) is 29.8 Å². The molecular weight excluding hydrogens is 176 g/mol. The Morgan fingerprint density at radius 2 is 1.83 bits per heavy atom. The highest BCUT2D eigenvalue weighted by molar-refractivity contribution is 7.73. The van der Waals surface area contributed by atoms with Crippen LogP contribution in [0, 0.1) is 0 Å². The number of hydrogen-bond acceptors (Lipinski definition) is 3. The Morgan fingerprint density at radius 3 is 2.25 bits per heavy atom. The molecule has 0 aliphatic rings. The summed E-state index contributed by atoms with van der Waals surface area (Å²) in [5.74, 6) is 0. The molecule has 0 unspecified atom stereocenters. The molecule has 0 aliphatic carbocycles. The fourth-order valence-corrected chi connectivity index (χ4v) is 1.18. The molecule has 0 aliphatic heterocycles. The first-order chi connectivity index (χ1) is 5.72. The molecule has 0 radical (unpaired) electrons. The molecule has 0 bridgehead atoms. The summed E-state index contributed by atoms with van der Waals surface area (Å²) in [5.41, 5.74) is 6.89.